The lowest BCUT2D eigenvalue weighted by Gasteiger charge is -2.02. The van der Waals surface area contributed by atoms with Crippen molar-refractivity contribution in [2.75, 3.05) is 6.26 Å². The number of hydrazone groups is 1. The van der Waals surface area contributed by atoms with E-state index in [9.17, 15) is 5.11 Å². The number of aliphatic imine (C=N–C) groups is 1. The number of hydrogen-bond acceptors (Lipinski definition) is 4. The van der Waals surface area contributed by atoms with E-state index in [0.717, 1.165) is 5.69 Å². The highest BCUT2D eigenvalue weighted by molar-refractivity contribution is 8.13. The predicted molar refractivity (Wildman–Crippen MR) is 85.9 cm³/mol. The lowest BCUT2D eigenvalue weighted by atomic mass is 10.2. The van der Waals surface area contributed by atoms with E-state index in [2.05, 4.69) is 15.5 Å². The molecule has 2 rings (SSSR count). The van der Waals surface area contributed by atoms with Gasteiger partial charge in [0, 0.05) is 5.56 Å². The van der Waals surface area contributed by atoms with Crippen molar-refractivity contribution >= 4 is 28.8 Å². The number of amidine groups is 1. The molecule has 0 aliphatic carbocycles. The highest BCUT2D eigenvalue weighted by Crippen LogP contribution is 2.13. The molecule has 0 radical (unpaired) electrons. The lowest BCUT2D eigenvalue weighted by Crippen LogP contribution is -2.13. The number of phenolic OH excluding ortho intramolecular Hbond substituents is 1. The van der Waals surface area contributed by atoms with Crippen molar-refractivity contribution in [1.29, 1.82) is 0 Å². The standard InChI is InChI=1S/C15H15N3OS/c1-20-15(17-13-8-3-2-4-9-13)18-16-11-12-7-5-6-10-14(12)19/h2-11,19H,1H3,(H,17,18). The summed E-state index contributed by atoms with van der Waals surface area (Å²) in [4.78, 5) is 4.42. The van der Waals surface area contributed by atoms with Crippen LogP contribution in [-0.2, 0) is 0 Å². The van der Waals surface area contributed by atoms with Crippen molar-refractivity contribution in [3.8, 4) is 5.75 Å². The fraction of sp³-hybridized carbons (Fsp3) is 0.0667. The molecular formula is C15H15N3OS. The average molecular weight is 285 g/mol. The molecule has 4 nitrogen and oxygen atoms in total. The van der Waals surface area contributed by atoms with Gasteiger partial charge in [0.15, 0.2) is 5.17 Å². The Morgan fingerprint density at radius 3 is 2.50 bits per heavy atom. The van der Waals surface area contributed by atoms with Crippen LogP contribution in [0.3, 0.4) is 0 Å². The number of para-hydroxylation sites is 2. The number of phenols is 1. The maximum atomic E-state index is 9.61. The van der Waals surface area contributed by atoms with Crippen LogP contribution >= 0.6 is 11.8 Å². The van der Waals surface area contributed by atoms with Crippen molar-refractivity contribution in [2.24, 2.45) is 10.1 Å². The fourth-order valence-electron chi connectivity index (χ4n) is 1.49. The molecule has 0 aliphatic heterocycles. The van der Waals surface area contributed by atoms with Crippen LogP contribution in [0.1, 0.15) is 5.56 Å². The van der Waals surface area contributed by atoms with Gasteiger partial charge in [-0.25, -0.2) is 4.99 Å². The maximum absolute atomic E-state index is 9.61. The first-order valence-electron chi connectivity index (χ1n) is 6.04. The molecule has 0 atom stereocenters. The van der Waals surface area contributed by atoms with Gasteiger partial charge in [0.25, 0.3) is 0 Å². The summed E-state index contributed by atoms with van der Waals surface area (Å²) in [6.45, 7) is 0. The van der Waals surface area contributed by atoms with Crippen molar-refractivity contribution in [3.05, 3.63) is 60.2 Å². The predicted octanol–water partition coefficient (Wildman–Crippen LogP) is 3.37. The van der Waals surface area contributed by atoms with Crippen molar-refractivity contribution in [3.63, 3.8) is 0 Å². The van der Waals surface area contributed by atoms with E-state index < -0.39 is 0 Å². The van der Waals surface area contributed by atoms with Gasteiger partial charge in [-0.2, -0.15) is 5.10 Å². The van der Waals surface area contributed by atoms with Gasteiger partial charge in [-0.1, -0.05) is 42.1 Å². The molecule has 2 aromatic carbocycles. The first-order chi connectivity index (χ1) is 9.79. The van der Waals surface area contributed by atoms with Gasteiger partial charge in [0.2, 0.25) is 0 Å². The van der Waals surface area contributed by atoms with Gasteiger partial charge in [0.05, 0.1) is 11.9 Å². The molecule has 0 unspecified atom stereocenters. The maximum Gasteiger partial charge on any atom is 0.182 e. The van der Waals surface area contributed by atoms with Gasteiger partial charge in [-0.15, -0.1) is 0 Å². The highest BCUT2D eigenvalue weighted by atomic mass is 32.2. The Balaban J connectivity index is 2.05. The van der Waals surface area contributed by atoms with E-state index in [0.29, 0.717) is 10.7 Å². The van der Waals surface area contributed by atoms with Crippen LogP contribution in [0.5, 0.6) is 5.75 Å². The van der Waals surface area contributed by atoms with E-state index in [1.807, 2.05) is 42.7 Å². The van der Waals surface area contributed by atoms with Crippen LogP contribution < -0.4 is 5.43 Å². The Bertz CT molecular complexity index is 612. The van der Waals surface area contributed by atoms with E-state index in [1.54, 1.807) is 24.4 Å². The second-order valence-corrected chi connectivity index (χ2v) is 4.68. The summed E-state index contributed by atoms with van der Waals surface area (Å²) in [7, 11) is 0. The normalized spacial score (nSPS) is 11.8. The van der Waals surface area contributed by atoms with Crippen LogP contribution in [-0.4, -0.2) is 22.7 Å². The Morgan fingerprint density at radius 1 is 1.10 bits per heavy atom. The second kappa shape index (κ2) is 7.35. The third kappa shape index (κ3) is 4.13. The molecule has 0 fully saturated rings. The summed E-state index contributed by atoms with van der Waals surface area (Å²) < 4.78 is 0. The number of nitrogens with zero attached hydrogens (tertiary/aromatic N) is 2. The Hall–Kier alpha value is -2.27. The Morgan fingerprint density at radius 2 is 1.80 bits per heavy atom. The van der Waals surface area contributed by atoms with Crippen LogP contribution in [0.25, 0.3) is 0 Å². The third-order valence-corrected chi connectivity index (χ3v) is 3.05. The zero-order valence-electron chi connectivity index (χ0n) is 11.0. The molecule has 20 heavy (non-hydrogen) atoms. The Kier molecular flexibility index (Phi) is 5.20. The fourth-order valence-corrected chi connectivity index (χ4v) is 1.83. The van der Waals surface area contributed by atoms with E-state index in [-0.39, 0.29) is 5.75 Å². The quantitative estimate of drug-likeness (QED) is 0.516. The van der Waals surface area contributed by atoms with Gasteiger partial charge in [0.1, 0.15) is 5.75 Å². The number of hydrogen-bond donors (Lipinski definition) is 2. The average Bonchev–Trinajstić information content (AvgIpc) is 2.49. The van der Waals surface area contributed by atoms with Crippen LogP contribution in [0, 0.1) is 0 Å². The minimum atomic E-state index is 0.198. The van der Waals surface area contributed by atoms with E-state index in [4.69, 9.17) is 0 Å². The topological polar surface area (TPSA) is 57.0 Å². The van der Waals surface area contributed by atoms with Crippen LogP contribution in [0.2, 0.25) is 0 Å². The lowest BCUT2D eigenvalue weighted by molar-refractivity contribution is 0.474. The molecule has 2 N–H and O–H groups in total. The summed E-state index contributed by atoms with van der Waals surface area (Å²) in [5, 5.41) is 14.4. The number of rotatable bonds is 3. The van der Waals surface area contributed by atoms with Gasteiger partial charge in [-0.05, 0) is 30.5 Å². The summed E-state index contributed by atoms with van der Waals surface area (Å²) in [6, 6.07) is 16.7. The van der Waals surface area contributed by atoms with E-state index in [1.165, 1.54) is 11.8 Å². The monoisotopic (exact) mass is 285 g/mol. The van der Waals surface area contributed by atoms with Gasteiger partial charge < -0.3 is 5.11 Å². The molecule has 0 saturated carbocycles. The molecule has 5 heteroatoms. The minimum Gasteiger partial charge on any atom is -0.507 e. The molecular weight excluding hydrogens is 270 g/mol. The van der Waals surface area contributed by atoms with Crippen molar-refractivity contribution in [2.45, 2.75) is 0 Å². The highest BCUT2D eigenvalue weighted by Gasteiger charge is 1.97. The summed E-state index contributed by atoms with van der Waals surface area (Å²) in [5.74, 6) is 0.198. The van der Waals surface area contributed by atoms with Crippen LogP contribution in [0.4, 0.5) is 5.69 Å². The molecule has 0 heterocycles. The summed E-state index contributed by atoms with van der Waals surface area (Å²) >= 11 is 1.47. The number of thioether (sulfide) groups is 1. The molecule has 102 valence electrons. The van der Waals surface area contributed by atoms with E-state index >= 15 is 0 Å². The molecule has 0 saturated heterocycles. The molecule has 0 bridgehead atoms. The van der Waals surface area contributed by atoms with Crippen LogP contribution in [0.15, 0.2) is 64.7 Å². The smallest absolute Gasteiger partial charge is 0.182 e. The zero-order valence-corrected chi connectivity index (χ0v) is 11.8. The largest absolute Gasteiger partial charge is 0.507 e. The summed E-state index contributed by atoms with van der Waals surface area (Å²) in [5.41, 5.74) is 4.38. The molecule has 0 spiro atoms. The first kappa shape index (κ1) is 14.1. The van der Waals surface area contributed by atoms with Gasteiger partial charge >= 0.3 is 0 Å². The number of aromatic hydroxyl groups is 1. The third-order valence-electron chi connectivity index (χ3n) is 2.48. The molecule has 0 amide bonds. The number of benzene rings is 2. The molecule has 0 aliphatic rings. The minimum absolute atomic E-state index is 0.198. The van der Waals surface area contributed by atoms with Crippen molar-refractivity contribution in [1.82, 2.24) is 5.43 Å². The first-order valence-corrected chi connectivity index (χ1v) is 7.27. The second-order valence-electron chi connectivity index (χ2n) is 3.89. The Labute approximate surface area is 122 Å². The van der Waals surface area contributed by atoms with Gasteiger partial charge in [-0.3, -0.25) is 5.43 Å². The SMILES string of the molecule is CSC(=Nc1ccccc1)NN=Cc1ccccc1O. The molecule has 0 aromatic heterocycles. The number of nitrogens with one attached hydrogen (secondary N) is 1. The van der Waals surface area contributed by atoms with Crippen molar-refractivity contribution < 1.29 is 5.11 Å². The summed E-state index contributed by atoms with van der Waals surface area (Å²) in [6.07, 6.45) is 3.48. The molecule has 2 aromatic rings. The zero-order chi connectivity index (χ0) is 14.2.